The van der Waals surface area contributed by atoms with E-state index in [1.54, 1.807) is 25.2 Å². The van der Waals surface area contributed by atoms with E-state index < -0.39 is 41.5 Å². The van der Waals surface area contributed by atoms with Gasteiger partial charge in [0.15, 0.2) is 24.1 Å². The van der Waals surface area contributed by atoms with Crippen molar-refractivity contribution in [2.75, 3.05) is 45.5 Å². The molecule has 1 aliphatic carbocycles. The van der Waals surface area contributed by atoms with Crippen LogP contribution in [-0.4, -0.2) is 111 Å². The van der Waals surface area contributed by atoms with Gasteiger partial charge in [0.1, 0.15) is 23.0 Å². The highest BCUT2D eigenvalue weighted by molar-refractivity contribution is 7.13. The molecule has 105 heavy (non-hydrogen) atoms. The summed E-state index contributed by atoms with van der Waals surface area (Å²) in [5.41, 5.74) is 14.4. The average molecular weight is 1520 g/mol. The molecule has 3 atom stereocenters. The molecule has 14 rings (SSSR count). The number of carbonyl (C=O) groups excluding carboxylic acids is 3. The molecule has 0 saturated carbocycles. The number of aryl methyl sites for hydroxylation is 10. The number of aromatic nitrogens is 4. The summed E-state index contributed by atoms with van der Waals surface area (Å²) in [6.07, 6.45) is 9.79. The van der Waals surface area contributed by atoms with E-state index in [0.717, 1.165) is 183 Å². The second-order valence-corrected chi connectivity index (χ2v) is 32.9. The summed E-state index contributed by atoms with van der Waals surface area (Å²) in [6, 6.07) is 30.3. The number of carboxylic acid groups (broad SMARTS) is 1. The fraction of sp³-hybridized carbons (Fsp3) is 0.439. The van der Waals surface area contributed by atoms with E-state index in [1.807, 2.05) is 124 Å². The summed E-state index contributed by atoms with van der Waals surface area (Å²) in [4.78, 5) is 68.0. The number of aliphatic hydroxyl groups is 1. The van der Waals surface area contributed by atoms with Crippen LogP contribution < -0.4 is 18.9 Å². The smallest absolute Gasteiger partial charge is 0.340 e. The van der Waals surface area contributed by atoms with Crippen LogP contribution in [0.15, 0.2) is 96.4 Å². The van der Waals surface area contributed by atoms with Crippen LogP contribution in [0, 0.1) is 27.7 Å². The van der Waals surface area contributed by atoms with E-state index in [1.165, 1.54) is 74.7 Å². The molecule has 5 aliphatic rings. The number of alkyl halides is 1. The summed E-state index contributed by atoms with van der Waals surface area (Å²) >= 11 is 11.4. The van der Waals surface area contributed by atoms with Gasteiger partial charge in [-0.1, -0.05) is 12.1 Å². The van der Waals surface area contributed by atoms with Crippen LogP contribution in [0.4, 0.5) is 0 Å². The zero-order valence-electron chi connectivity index (χ0n) is 62.0. The van der Waals surface area contributed by atoms with Crippen molar-refractivity contribution in [2.45, 2.75) is 190 Å². The molecule has 0 amide bonds. The van der Waals surface area contributed by atoms with Gasteiger partial charge in [0.25, 0.3) is 0 Å². The number of nitrogens with zero attached hydrogens (tertiary/aromatic N) is 4. The molecule has 23 heteroatoms. The number of ether oxygens (including phenoxy) is 8. The molecule has 0 fully saturated rings. The maximum atomic E-state index is 12.7. The molecule has 2 N–H and O–H groups in total. The molecular weight excluding hydrogens is 1430 g/mol. The van der Waals surface area contributed by atoms with Crippen LogP contribution in [0.1, 0.15) is 191 Å². The highest BCUT2D eigenvalue weighted by Gasteiger charge is 2.35. The lowest BCUT2D eigenvalue weighted by molar-refractivity contribution is -0.166. The predicted octanol–water partition coefficient (Wildman–Crippen LogP) is 18.7. The summed E-state index contributed by atoms with van der Waals surface area (Å²) in [6.45, 7) is 26.2. The Labute approximate surface area is 636 Å². The quantitative estimate of drug-likeness (QED) is 0.0520. The minimum Gasteiger partial charge on any atom is -0.493 e. The number of aliphatic carboxylic acids is 1. The lowest BCUT2D eigenvalue weighted by Gasteiger charge is -2.26. The highest BCUT2D eigenvalue weighted by atomic mass is 35.5. The number of halogens is 1. The minimum atomic E-state index is -1.30. The number of hydrogen-bond acceptors (Lipinski definition) is 21. The van der Waals surface area contributed by atoms with Crippen molar-refractivity contribution in [2.24, 2.45) is 0 Å². The van der Waals surface area contributed by atoms with E-state index in [0.29, 0.717) is 27.7 Å². The largest absolute Gasteiger partial charge is 0.493 e. The number of Topliss-reactive ketones (excluding diaryl/α,β-unsaturated/α-hetero) is 1. The summed E-state index contributed by atoms with van der Waals surface area (Å²) < 4.78 is 44.7. The van der Waals surface area contributed by atoms with Crippen LogP contribution >= 0.6 is 56.9 Å². The average Bonchev–Trinajstić information content (AvgIpc) is 1.72. The topological polar surface area (TPSA) is 234 Å². The van der Waals surface area contributed by atoms with Gasteiger partial charge in [-0.25, -0.2) is 34.3 Å². The summed E-state index contributed by atoms with van der Waals surface area (Å²) in [5, 5.41) is 25.7. The van der Waals surface area contributed by atoms with Crippen molar-refractivity contribution in [3.05, 3.63) is 170 Å². The van der Waals surface area contributed by atoms with Crippen LogP contribution in [0.25, 0.3) is 45.0 Å². The Bertz CT molecular complexity index is 4500. The lowest BCUT2D eigenvalue weighted by atomic mass is 9.90. The number of esters is 2. The zero-order valence-corrected chi connectivity index (χ0v) is 66.0. The van der Waals surface area contributed by atoms with Gasteiger partial charge in [0.2, 0.25) is 0 Å². The van der Waals surface area contributed by atoms with Crippen molar-refractivity contribution in [3.63, 3.8) is 0 Å². The van der Waals surface area contributed by atoms with E-state index >= 15 is 0 Å². The minimum absolute atomic E-state index is 0.0278. The Kier molecular flexibility index (Phi) is 27.7. The van der Waals surface area contributed by atoms with Crippen molar-refractivity contribution in [1.82, 2.24) is 19.9 Å². The Morgan fingerprint density at radius 3 is 1.29 bits per heavy atom. The van der Waals surface area contributed by atoms with Gasteiger partial charge in [0.05, 0.1) is 114 Å². The predicted molar refractivity (Wildman–Crippen MR) is 416 cm³/mol. The second-order valence-electron chi connectivity index (χ2n) is 27.9. The number of ketones is 1. The van der Waals surface area contributed by atoms with Crippen LogP contribution in [0.2, 0.25) is 0 Å². The Morgan fingerprint density at radius 2 is 0.867 bits per heavy atom. The maximum Gasteiger partial charge on any atom is 0.340 e. The summed E-state index contributed by atoms with van der Waals surface area (Å²) in [5.74, 6) is 1.88. The van der Waals surface area contributed by atoms with E-state index in [4.69, 9.17) is 54.5 Å². The third-order valence-corrected chi connectivity index (χ3v) is 21.4. The first-order valence-corrected chi connectivity index (χ1v) is 39.8. The monoisotopic (exact) mass is 1520 g/mol. The molecule has 8 heterocycles. The number of carboxylic acids is 1. The maximum absolute atomic E-state index is 12.7. The van der Waals surface area contributed by atoms with E-state index in [-0.39, 0.29) is 24.2 Å². The number of rotatable bonds is 16. The van der Waals surface area contributed by atoms with Gasteiger partial charge in [0, 0.05) is 33.2 Å². The molecule has 0 radical (unpaired) electrons. The number of fused-ring (bicyclic) bond motifs is 5. The molecule has 9 aromatic rings. The molecule has 0 spiro atoms. The molecule has 4 aromatic heterocycles. The standard InChI is InChI=1S/C21H27NO4S.C19H23NO4S.C17H19NO4S.C13H13NOS.C12H13ClO/c1-6-24-20(23)18(26-21(3,4)5)19-17(22-13(2)27-19)15-9-10-16-14(12-15)8-7-11-25-16;1-11-20-15(13-7-8-14-12(10-13)6-5-9-23-14)17(25-11)16(18(21)22)24-19(2,3)4;1-3-21-17(20)15(19)16-14(18-10(2)23-16)12-6-7-13-11(9-12)5-4-8-22-13;1-9-14-12(8-16-9)10-4-5-13-11(7-10)3-2-6-15-13;13-8-12(14)11-6-5-9-3-1-2-4-10(9)7-11/h9-10,12,18H,6-8,11H2,1-5H3;7-8,10,16H,5-6,9H2,1-4H3,(H,21,22);6-7,9,15,19H,3-5,8H2,1-2H3;4-5,7-8H,2-3,6H2,1H3;5-7H,1-4,8H2. The number of benzene rings is 5. The molecule has 0 bridgehead atoms. The molecular formula is C82H95ClN4O14S4. The Morgan fingerprint density at radius 1 is 0.476 bits per heavy atom. The molecule has 0 saturated heterocycles. The molecule has 4 aliphatic heterocycles. The van der Waals surface area contributed by atoms with Crippen LogP contribution in [0.5, 0.6) is 23.0 Å². The Balaban J connectivity index is 0.000000143. The fourth-order valence-corrected chi connectivity index (χ4v) is 16.3. The first-order chi connectivity index (χ1) is 50.3. The van der Waals surface area contributed by atoms with Crippen molar-refractivity contribution < 1.29 is 67.3 Å². The van der Waals surface area contributed by atoms with Crippen molar-refractivity contribution in [1.29, 1.82) is 0 Å². The van der Waals surface area contributed by atoms with E-state index in [9.17, 15) is 29.4 Å². The van der Waals surface area contributed by atoms with Gasteiger partial charge in [-0.15, -0.1) is 56.9 Å². The van der Waals surface area contributed by atoms with Crippen LogP contribution in [0.3, 0.4) is 0 Å². The van der Waals surface area contributed by atoms with Gasteiger partial charge in [-0.2, -0.15) is 0 Å². The van der Waals surface area contributed by atoms with Crippen LogP contribution in [-0.2, 0) is 71.9 Å². The first-order valence-electron chi connectivity index (χ1n) is 36.0. The number of aliphatic hydroxyl groups excluding tert-OH is 1. The third-order valence-electron chi connectivity index (χ3n) is 17.3. The second kappa shape index (κ2) is 36.6. The number of hydrogen-bond donors (Lipinski definition) is 2. The van der Waals surface area contributed by atoms with Gasteiger partial charge in [-0.05, 0) is 272 Å². The van der Waals surface area contributed by atoms with Crippen molar-refractivity contribution in [3.8, 4) is 68.0 Å². The zero-order chi connectivity index (χ0) is 75.1. The normalized spacial score (nSPS) is 14.9. The number of carbonyl (C=O) groups is 4. The van der Waals surface area contributed by atoms with Gasteiger partial charge < -0.3 is 48.1 Å². The van der Waals surface area contributed by atoms with Gasteiger partial charge >= 0.3 is 17.9 Å². The molecule has 5 aromatic carbocycles. The first kappa shape index (κ1) is 79.6. The highest BCUT2D eigenvalue weighted by Crippen LogP contribution is 2.43. The fourth-order valence-electron chi connectivity index (χ4n) is 12.7. The molecule has 3 unspecified atom stereocenters. The van der Waals surface area contributed by atoms with Crippen molar-refractivity contribution >= 4 is 80.6 Å². The summed E-state index contributed by atoms with van der Waals surface area (Å²) in [7, 11) is 0. The SMILES string of the molecule is CCOC(=O)C(O)c1sc(C)nc1-c1ccc2c(c1)CCCO2.CCOC(=O)C(OC(C)(C)C)c1sc(C)nc1-c1ccc2c(c1)CCCO2.Cc1nc(-c2ccc3c(c2)CCCO3)c(C(OC(C)(C)C)C(=O)O)s1.Cc1nc(-c2ccc3c(c2)CCCO3)cs1.O=C(CCl)c1ccc2c(c1)CCCC2. The Hall–Kier alpha value is -7.93. The molecule has 558 valence electrons. The van der Waals surface area contributed by atoms with E-state index in [2.05, 4.69) is 56.7 Å². The number of thiazole rings is 4. The van der Waals surface area contributed by atoms with Gasteiger partial charge in [-0.3, -0.25) is 4.79 Å². The third kappa shape index (κ3) is 21.5. The lowest BCUT2D eigenvalue weighted by Crippen LogP contribution is -2.28. The molecule has 18 nitrogen and oxygen atoms in total.